The topological polar surface area (TPSA) is 154 Å². The Morgan fingerprint density at radius 1 is 1.07 bits per heavy atom. The monoisotopic (exact) mass is 580 g/mol. The molecule has 13 heteroatoms. The fourth-order valence-electron chi connectivity index (χ4n) is 5.35. The predicted molar refractivity (Wildman–Crippen MR) is 149 cm³/mol. The summed E-state index contributed by atoms with van der Waals surface area (Å²) < 4.78 is 35.4. The maximum atomic E-state index is 14.0. The first-order valence-electron chi connectivity index (χ1n) is 13.2. The van der Waals surface area contributed by atoms with Gasteiger partial charge in [-0.05, 0) is 45.9 Å². The zero-order valence-corrected chi connectivity index (χ0v) is 24.3. The van der Waals surface area contributed by atoms with Crippen LogP contribution in [0.4, 0.5) is 10.5 Å². The maximum Gasteiger partial charge on any atom is 0.410 e. The van der Waals surface area contributed by atoms with Crippen molar-refractivity contribution in [3.63, 3.8) is 0 Å². The summed E-state index contributed by atoms with van der Waals surface area (Å²) in [4.78, 5) is 45.1. The fourth-order valence-corrected chi connectivity index (χ4v) is 5.87. The Kier molecular flexibility index (Phi) is 7.18. The van der Waals surface area contributed by atoms with E-state index in [0.29, 0.717) is 29.6 Å². The summed E-state index contributed by atoms with van der Waals surface area (Å²) in [5, 5.41) is 2.63. The minimum atomic E-state index is -3.71. The first kappa shape index (κ1) is 28.4. The third kappa shape index (κ3) is 5.58. The average Bonchev–Trinajstić information content (AvgIpc) is 3.30. The summed E-state index contributed by atoms with van der Waals surface area (Å²) in [5.41, 5.74) is 0.478. The predicted octanol–water partition coefficient (Wildman–Crippen LogP) is 3.11. The SMILES string of the molecule is CCOc1cncc(-c2ccc(NC(=O)C3(c4ccnc(S(C)(=O)=O)n4)[C@@H]4CN(C(=O)OC(C)(C)C)C[C@@H]43)cc2)n1. The number of amides is 2. The van der Waals surface area contributed by atoms with Crippen molar-refractivity contribution in [3.05, 3.63) is 54.6 Å². The number of sulfone groups is 1. The van der Waals surface area contributed by atoms with Gasteiger partial charge in [0.2, 0.25) is 26.8 Å². The molecule has 1 aliphatic heterocycles. The number of carbonyl (C=O) groups is 2. The fraction of sp³-hybridized carbons (Fsp3) is 0.429. The van der Waals surface area contributed by atoms with Gasteiger partial charge in [-0.2, -0.15) is 0 Å². The van der Waals surface area contributed by atoms with Crippen LogP contribution in [0.1, 0.15) is 33.4 Å². The molecule has 12 nitrogen and oxygen atoms in total. The normalized spacial score (nSPS) is 21.6. The quantitative estimate of drug-likeness (QED) is 0.412. The van der Waals surface area contributed by atoms with Crippen molar-refractivity contribution in [1.29, 1.82) is 0 Å². The van der Waals surface area contributed by atoms with Gasteiger partial charge in [0.1, 0.15) is 11.0 Å². The van der Waals surface area contributed by atoms with Crippen LogP contribution in [0.2, 0.25) is 0 Å². The lowest BCUT2D eigenvalue weighted by Crippen LogP contribution is -2.43. The Balaban J connectivity index is 1.40. The molecule has 1 unspecified atom stereocenters. The number of rotatable bonds is 7. The van der Waals surface area contributed by atoms with Gasteiger partial charge >= 0.3 is 6.09 Å². The van der Waals surface area contributed by atoms with Crippen molar-refractivity contribution in [1.82, 2.24) is 24.8 Å². The second-order valence-electron chi connectivity index (χ2n) is 11.2. The molecule has 3 aromatic rings. The number of carbonyl (C=O) groups excluding carboxylic acids is 2. The van der Waals surface area contributed by atoms with Crippen LogP contribution in [0.25, 0.3) is 11.3 Å². The minimum absolute atomic E-state index is 0.270. The molecule has 5 rings (SSSR count). The van der Waals surface area contributed by atoms with E-state index >= 15 is 0 Å². The number of benzene rings is 1. The average molecular weight is 581 g/mol. The summed E-state index contributed by atoms with van der Waals surface area (Å²) in [6.45, 7) is 8.27. The van der Waals surface area contributed by atoms with Crippen molar-refractivity contribution < 1.29 is 27.5 Å². The van der Waals surface area contributed by atoms with Gasteiger partial charge < -0.3 is 19.7 Å². The molecule has 2 amide bonds. The van der Waals surface area contributed by atoms with E-state index in [0.717, 1.165) is 11.8 Å². The number of aromatic nitrogens is 4. The van der Waals surface area contributed by atoms with Crippen LogP contribution < -0.4 is 10.1 Å². The molecule has 2 aliphatic rings. The number of ether oxygens (including phenoxy) is 2. The second kappa shape index (κ2) is 10.4. The lowest BCUT2D eigenvalue weighted by Gasteiger charge is -2.28. The molecule has 0 spiro atoms. The Labute approximate surface area is 238 Å². The number of anilines is 1. The number of piperidine rings is 1. The highest BCUT2D eigenvalue weighted by molar-refractivity contribution is 7.90. The molecule has 1 saturated heterocycles. The van der Waals surface area contributed by atoms with E-state index in [1.807, 2.05) is 19.1 Å². The third-order valence-electron chi connectivity index (χ3n) is 7.14. The van der Waals surface area contributed by atoms with Gasteiger partial charge in [-0.25, -0.2) is 28.2 Å². The highest BCUT2D eigenvalue weighted by atomic mass is 32.2. The molecule has 2 fully saturated rings. The Hall–Kier alpha value is -4.13. The van der Waals surface area contributed by atoms with Crippen molar-refractivity contribution in [2.75, 3.05) is 31.3 Å². The van der Waals surface area contributed by atoms with Gasteiger partial charge in [-0.15, -0.1) is 0 Å². The maximum absolute atomic E-state index is 14.0. The first-order valence-corrected chi connectivity index (χ1v) is 15.1. The van der Waals surface area contributed by atoms with E-state index in [-0.39, 0.29) is 36.0 Å². The summed E-state index contributed by atoms with van der Waals surface area (Å²) in [6, 6.07) is 8.70. The summed E-state index contributed by atoms with van der Waals surface area (Å²) >= 11 is 0. The summed E-state index contributed by atoms with van der Waals surface area (Å²) in [6.07, 6.45) is 5.08. The Morgan fingerprint density at radius 2 is 1.76 bits per heavy atom. The third-order valence-corrected chi connectivity index (χ3v) is 8.00. The van der Waals surface area contributed by atoms with Crippen LogP contribution in [-0.2, 0) is 24.8 Å². The zero-order chi connectivity index (χ0) is 29.6. The first-order chi connectivity index (χ1) is 19.3. The van der Waals surface area contributed by atoms with Gasteiger partial charge in [0.05, 0.1) is 30.4 Å². The van der Waals surface area contributed by atoms with E-state index in [1.165, 1.54) is 6.20 Å². The molecule has 216 valence electrons. The standard InChI is InChI=1S/C28H32N6O6S/c1-6-39-23-14-29-13-21(32-23)17-7-9-18(10-8-17)31-24(35)28(22-11-12-30-25(33-22)41(5,37)38)19-15-34(16-20(19)28)26(36)40-27(2,3)4/h7-14,19-20H,6,15-16H2,1-5H3,(H,31,35)/t19-,20+,28?. The van der Waals surface area contributed by atoms with E-state index in [9.17, 15) is 18.0 Å². The second-order valence-corrected chi connectivity index (χ2v) is 13.1. The zero-order valence-electron chi connectivity index (χ0n) is 23.5. The summed E-state index contributed by atoms with van der Waals surface area (Å²) in [7, 11) is -3.71. The Bertz CT molecular complexity index is 1580. The van der Waals surface area contributed by atoms with Crippen molar-refractivity contribution in [2.24, 2.45) is 11.8 Å². The molecule has 2 aromatic heterocycles. The van der Waals surface area contributed by atoms with Gasteiger partial charge in [0.15, 0.2) is 0 Å². The van der Waals surface area contributed by atoms with E-state index in [1.54, 1.807) is 56.3 Å². The van der Waals surface area contributed by atoms with Crippen LogP contribution in [0.15, 0.2) is 54.1 Å². The molecule has 1 saturated carbocycles. The van der Waals surface area contributed by atoms with E-state index < -0.39 is 26.9 Å². The van der Waals surface area contributed by atoms with Gasteiger partial charge in [0, 0.05) is 48.6 Å². The molecule has 1 aromatic carbocycles. The van der Waals surface area contributed by atoms with Crippen LogP contribution >= 0.6 is 0 Å². The highest BCUT2D eigenvalue weighted by Crippen LogP contribution is 2.63. The molecule has 3 heterocycles. The number of hydrogen-bond donors (Lipinski definition) is 1. The van der Waals surface area contributed by atoms with Gasteiger partial charge in [0.25, 0.3) is 0 Å². The van der Waals surface area contributed by atoms with Crippen LogP contribution in [0.3, 0.4) is 0 Å². The molecular weight excluding hydrogens is 548 g/mol. The molecular formula is C28H32N6O6S. The molecule has 3 atom stereocenters. The van der Waals surface area contributed by atoms with Crippen LogP contribution in [-0.4, -0.2) is 76.8 Å². The van der Waals surface area contributed by atoms with E-state index in [4.69, 9.17) is 9.47 Å². The van der Waals surface area contributed by atoms with Crippen molar-refractivity contribution >= 4 is 27.5 Å². The molecule has 1 N–H and O–H groups in total. The van der Waals surface area contributed by atoms with Crippen molar-refractivity contribution in [2.45, 2.75) is 43.9 Å². The molecule has 41 heavy (non-hydrogen) atoms. The largest absolute Gasteiger partial charge is 0.477 e. The van der Waals surface area contributed by atoms with Crippen LogP contribution in [0.5, 0.6) is 5.88 Å². The van der Waals surface area contributed by atoms with Crippen LogP contribution in [0, 0.1) is 11.8 Å². The molecule has 0 radical (unpaired) electrons. The molecule has 1 aliphatic carbocycles. The van der Waals surface area contributed by atoms with Gasteiger partial charge in [-0.3, -0.25) is 9.78 Å². The minimum Gasteiger partial charge on any atom is -0.477 e. The number of fused-ring (bicyclic) bond motifs is 1. The van der Waals surface area contributed by atoms with Crippen molar-refractivity contribution in [3.8, 4) is 17.1 Å². The number of nitrogens with zero attached hydrogens (tertiary/aromatic N) is 5. The highest BCUT2D eigenvalue weighted by Gasteiger charge is 2.75. The smallest absolute Gasteiger partial charge is 0.410 e. The Morgan fingerprint density at radius 3 is 2.37 bits per heavy atom. The number of likely N-dealkylation sites (tertiary alicyclic amines) is 1. The number of nitrogens with one attached hydrogen (secondary N) is 1. The lowest BCUT2D eigenvalue weighted by atomic mass is 9.93. The molecule has 0 bridgehead atoms. The lowest BCUT2D eigenvalue weighted by molar-refractivity contribution is -0.119. The summed E-state index contributed by atoms with van der Waals surface area (Å²) in [5.74, 6) is -0.454. The van der Waals surface area contributed by atoms with Gasteiger partial charge in [-0.1, -0.05) is 12.1 Å². The number of hydrogen-bond acceptors (Lipinski definition) is 10. The van der Waals surface area contributed by atoms with E-state index in [2.05, 4.69) is 25.3 Å².